The van der Waals surface area contributed by atoms with Gasteiger partial charge in [-0.25, -0.2) is 0 Å². The van der Waals surface area contributed by atoms with E-state index in [4.69, 9.17) is 0 Å². The van der Waals surface area contributed by atoms with Crippen LogP contribution in [0.1, 0.15) is 25.3 Å². The summed E-state index contributed by atoms with van der Waals surface area (Å²) >= 11 is 0. The van der Waals surface area contributed by atoms with Crippen molar-refractivity contribution in [1.82, 2.24) is 10.2 Å². The van der Waals surface area contributed by atoms with Crippen LogP contribution in [0.2, 0.25) is 0 Å². The molecule has 0 bridgehead atoms. The molecule has 0 radical (unpaired) electrons. The zero-order valence-electron chi connectivity index (χ0n) is 11.6. The van der Waals surface area contributed by atoms with Gasteiger partial charge in [-0.15, -0.1) is 0 Å². The Morgan fingerprint density at radius 1 is 1.25 bits per heavy atom. The lowest BCUT2D eigenvalue weighted by Crippen LogP contribution is -2.48. The molecule has 1 aliphatic heterocycles. The smallest absolute Gasteiger partial charge is 0.245 e. The van der Waals surface area contributed by atoms with Gasteiger partial charge in [-0.3, -0.25) is 9.59 Å². The second-order valence-electron chi connectivity index (χ2n) is 5.16. The third-order valence-electron chi connectivity index (χ3n) is 3.47. The van der Waals surface area contributed by atoms with Crippen LogP contribution < -0.4 is 5.32 Å². The molecule has 5 nitrogen and oxygen atoms in total. The van der Waals surface area contributed by atoms with E-state index in [2.05, 4.69) is 5.32 Å². The maximum absolute atomic E-state index is 12.4. The van der Waals surface area contributed by atoms with Gasteiger partial charge in [-0.2, -0.15) is 0 Å². The Morgan fingerprint density at radius 2 is 1.85 bits per heavy atom. The first-order valence-corrected chi connectivity index (χ1v) is 6.90. The van der Waals surface area contributed by atoms with Gasteiger partial charge in [0.1, 0.15) is 11.8 Å². The van der Waals surface area contributed by atoms with E-state index in [1.807, 2.05) is 0 Å². The van der Waals surface area contributed by atoms with Gasteiger partial charge in [0.25, 0.3) is 0 Å². The first-order chi connectivity index (χ1) is 9.56. The Morgan fingerprint density at radius 3 is 2.40 bits per heavy atom. The van der Waals surface area contributed by atoms with Crippen molar-refractivity contribution in [2.75, 3.05) is 13.1 Å². The molecule has 2 rings (SSSR count). The molecular weight excluding hydrogens is 256 g/mol. The van der Waals surface area contributed by atoms with Gasteiger partial charge in [-0.05, 0) is 30.5 Å². The van der Waals surface area contributed by atoms with E-state index < -0.39 is 6.04 Å². The number of rotatable bonds is 4. The molecule has 1 atom stereocenters. The Hall–Kier alpha value is -2.04. The minimum atomic E-state index is -0.532. The predicted molar refractivity (Wildman–Crippen MR) is 75.2 cm³/mol. The van der Waals surface area contributed by atoms with E-state index in [1.165, 1.54) is 6.92 Å². The summed E-state index contributed by atoms with van der Waals surface area (Å²) in [7, 11) is 0. The summed E-state index contributed by atoms with van der Waals surface area (Å²) in [6.07, 6.45) is 2.49. The van der Waals surface area contributed by atoms with Crippen molar-refractivity contribution in [2.24, 2.45) is 0 Å². The highest BCUT2D eigenvalue weighted by atomic mass is 16.3. The van der Waals surface area contributed by atoms with E-state index in [0.29, 0.717) is 6.42 Å². The van der Waals surface area contributed by atoms with Crippen molar-refractivity contribution in [3.63, 3.8) is 0 Å². The van der Waals surface area contributed by atoms with Gasteiger partial charge in [0.2, 0.25) is 11.8 Å². The number of hydrogen-bond acceptors (Lipinski definition) is 3. The average Bonchev–Trinajstić information content (AvgIpc) is 2.93. The summed E-state index contributed by atoms with van der Waals surface area (Å²) in [5, 5.41) is 12.0. The molecule has 1 aliphatic rings. The molecule has 1 aromatic carbocycles. The molecule has 1 heterocycles. The summed E-state index contributed by atoms with van der Waals surface area (Å²) in [6.45, 7) is 2.95. The van der Waals surface area contributed by atoms with Crippen LogP contribution >= 0.6 is 0 Å². The van der Waals surface area contributed by atoms with Crippen molar-refractivity contribution in [3.05, 3.63) is 29.8 Å². The number of benzene rings is 1. The van der Waals surface area contributed by atoms with Gasteiger partial charge < -0.3 is 15.3 Å². The predicted octanol–water partition coefficient (Wildman–Crippen LogP) is 1.06. The minimum Gasteiger partial charge on any atom is -0.508 e. The highest BCUT2D eigenvalue weighted by Crippen LogP contribution is 2.14. The molecule has 2 amide bonds. The fraction of sp³-hybridized carbons (Fsp3) is 0.467. The monoisotopic (exact) mass is 276 g/mol. The van der Waals surface area contributed by atoms with Crippen LogP contribution in [0.5, 0.6) is 5.75 Å². The number of phenolic OH excluding ortho intramolecular Hbond substituents is 1. The molecule has 0 spiro atoms. The van der Waals surface area contributed by atoms with Crippen LogP contribution in [0.25, 0.3) is 0 Å². The molecule has 1 unspecified atom stereocenters. The zero-order valence-corrected chi connectivity index (χ0v) is 11.6. The summed E-state index contributed by atoms with van der Waals surface area (Å²) < 4.78 is 0. The van der Waals surface area contributed by atoms with E-state index in [9.17, 15) is 14.7 Å². The van der Waals surface area contributed by atoms with Gasteiger partial charge in [0.05, 0.1) is 0 Å². The summed E-state index contributed by atoms with van der Waals surface area (Å²) in [5.74, 6) is -0.0391. The Kier molecular flexibility index (Phi) is 4.61. The quantitative estimate of drug-likeness (QED) is 0.864. The first kappa shape index (κ1) is 14.4. The molecule has 0 saturated carbocycles. The van der Waals surface area contributed by atoms with Crippen LogP contribution in [0, 0.1) is 0 Å². The molecule has 1 saturated heterocycles. The summed E-state index contributed by atoms with van der Waals surface area (Å²) in [5.41, 5.74) is 0.911. The number of carbonyl (C=O) groups excluding carboxylic acids is 2. The van der Waals surface area contributed by atoms with Crippen LogP contribution in [-0.4, -0.2) is 41.0 Å². The molecule has 1 fully saturated rings. The lowest BCUT2D eigenvalue weighted by molar-refractivity contribution is -0.135. The van der Waals surface area contributed by atoms with Gasteiger partial charge in [-0.1, -0.05) is 12.1 Å². The van der Waals surface area contributed by atoms with Crippen molar-refractivity contribution in [1.29, 1.82) is 0 Å². The Labute approximate surface area is 118 Å². The number of hydrogen-bond donors (Lipinski definition) is 2. The number of nitrogens with one attached hydrogen (secondary N) is 1. The van der Waals surface area contributed by atoms with Gasteiger partial charge >= 0.3 is 0 Å². The summed E-state index contributed by atoms with van der Waals surface area (Å²) in [4.78, 5) is 25.5. The third kappa shape index (κ3) is 3.73. The lowest BCUT2D eigenvalue weighted by Gasteiger charge is -2.23. The number of likely N-dealkylation sites (tertiary alicyclic amines) is 1. The Balaban J connectivity index is 2.08. The van der Waals surface area contributed by atoms with E-state index in [1.54, 1.807) is 29.2 Å². The molecule has 0 aliphatic carbocycles. The molecule has 0 aromatic heterocycles. The van der Waals surface area contributed by atoms with Crippen molar-refractivity contribution >= 4 is 11.8 Å². The highest BCUT2D eigenvalue weighted by molar-refractivity contribution is 5.87. The van der Waals surface area contributed by atoms with E-state index in [-0.39, 0.29) is 17.6 Å². The molecular formula is C15H20N2O3. The van der Waals surface area contributed by atoms with Crippen molar-refractivity contribution in [2.45, 2.75) is 32.2 Å². The Bertz CT molecular complexity index is 478. The molecule has 20 heavy (non-hydrogen) atoms. The van der Waals surface area contributed by atoms with Gasteiger partial charge in [0, 0.05) is 26.4 Å². The number of phenols is 1. The second-order valence-corrected chi connectivity index (χ2v) is 5.16. The lowest BCUT2D eigenvalue weighted by atomic mass is 10.0. The second kappa shape index (κ2) is 6.41. The minimum absolute atomic E-state index is 0.0224. The average molecular weight is 276 g/mol. The molecule has 5 heteroatoms. The largest absolute Gasteiger partial charge is 0.508 e. The molecule has 108 valence electrons. The molecule has 2 N–H and O–H groups in total. The number of carbonyl (C=O) groups is 2. The number of amides is 2. The fourth-order valence-corrected chi connectivity index (χ4v) is 2.47. The standard InChI is InChI=1S/C15H20N2O3/c1-11(18)16-14(15(20)17-8-2-3-9-17)10-12-4-6-13(19)7-5-12/h4-7,14,19H,2-3,8-10H2,1H3,(H,16,18). The maximum atomic E-state index is 12.4. The van der Waals surface area contributed by atoms with Gasteiger partial charge in [0.15, 0.2) is 0 Å². The zero-order chi connectivity index (χ0) is 14.5. The summed E-state index contributed by atoms with van der Waals surface area (Å²) in [6, 6.07) is 6.17. The molecule has 1 aromatic rings. The normalized spacial score (nSPS) is 15.9. The number of aromatic hydroxyl groups is 1. The third-order valence-corrected chi connectivity index (χ3v) is 3.47. The maximum Gasteiger partial charge on any atom is 0.245 e. The van der Waals surface area contributed by atoms with Crippen LogP contribution in [0.15, 0.2) is 24.3 Å². The van der Waals surface area contributed by atoms with Crippen LogP contribution in [0.4, 0.5) is 0 Å². The number of nitrogens with zero attached hydrogens (tertiary/aromatic N) is 1. The topological polar surface area (TPSA) is 69.6 Å². The van der Waals surface area contributed by atoms with E-state index >= 15 is 0 Å². The van der Waals surface area contributed by atoms with Crippen LogP contribution in [-0.2, 0) is 16.0 Å². The van der Waals surface area contributed by atoms with Crippen molar-refractivity contribution < 1.29 is 14.7 Å². The fourth-order valence-electron chi connectivity index (χ4n) is 2.47. The van der Waals surface area contributed by atoms with Crippen LogP contribution in [0.3, 0.4) is 0 Å². The van der Waals surface area contributed by atoms with Crippen molar-refractivity contribution in [3.8, 4) is 5.75 Å². The first-order valence-electron chi connectivity index (χ1n) is 6.90. The van der Waals surface area contributed by atoms with E-state index in [0.717, 1.165) is 31.5 Å². The SMILES string of the molecule is CC(=O)NC(Cc1ccc(O)cc1)C(=O)N1CCCC1. The highest BCUT2D eigenvalue weighted by Gasteiger charge is 2.27.